The van der Waals surface area contributed by atoms with E-state index in [0.29, 0.717) is 26.3 Å². The highest BCUT2D eigenvalue weighted by atomic mass is 16.6. The third-order valence-corrected chi connectivity index (χ3v) is 5.29. The molecule has 2 heterocycles. The number of amides is 1. The fraction of sp³-hybridized carbons (Fsp3) is 0.733. The van der Waals surface area contributed by atoms with Gasteiger partial charge in [-0.2, -0.15) is 0 Å². The minimum atomic E-state index is -1.89. The van der Waals surface area contributed by atoms with Crippen LogP contribution in [0.1, 0.15) is 12.8 Å². The summed E-state index contributed by atoms with van der Waals surface area (Å²) in [5.74, 6) is -1.94. The highest BCUT2D eigenvalue weighted by Gasteiger charge is 2.64. The summed E-state index contributed by atoms with van der Waals surface area (Å²) in [6.07, 6.45) is 0.521. The molecule has 2 fully saturated rings. The van der Waals surface area contributed by atoms with E-state index in [0.717, 1.165) is 4.90 Å². The zero-order valence-corrected chi connectivity index (χ0v) is 14.5. The summed E-state index contributed by atoms with van der Waals surface area (Å²) in [7, 11) is 0. The van der Waals surface area contributed by atoms with Crippen LogP contribution >= 0.6 is 0 Å². The van der Waals surface area contributed by atoms with Crippen LogP contribution in [0.3, 0.4) is 0 Å². The number of carboxylic acid groups (broad SMARTS) is 1. The second-order valence-corrected chi connectivity index (χ2v) is 7.29. The number of rotatable bonds is 5. The summed E-state index contributed by atoms with van der Waals surface area (Å²) in [6, 6.07) is 0. The average Bonchev–Trinajstić information content (AvgIpc) is 2.60. The van der Waals surface area contributed by atoms with Gasteiger partial charge in [0.2, 0.25) is 11.4 Å². The minimum Gasteiger partial charge on any atom is -0.549 e. The van der Waals surface area contributed by atoms with Gasteiger partial charge >= 0.3 is 0 Å². The van der Waals surface area contributed by atoms with Gasteiger partial charge in [0.1, 0.15) is 0 Å². The number of nitro groups is 2. The van der Waals surface area contributed by atoms with Crippen molar-refractivity contribution in [3.8, 4) is 0 Å². The number of carbonyl (C=O) groups is 2. The number of aliphatic carboxylic acids is 1. The molecule has 12 heteroatoms. The number of hydrogen-bond acceptors (Lipinski definition) is 9. The predicted octanol–water partition coefficient (Wildman–Crippen LogP) is -2.34. The third kappa shape index (κ3) is 3.49. The van der Waals surface area contributed by atoms with Gasteiger partial charge < -0.3 is 19.5 Å². The van der Waals surface area contributed by atoms with Crippen LogP contribution in [0.25, 0.3) is 0 Å². The number of morpholine rings is 1. The normalized spacial score (nSPS) is 31.1. The van der Waals surface area contributed by atoms with Crippen LogP contribution in [0.5, 0.6) is 0 Å². The van der Waals surface area contributed by atoms with Gasteiger partial charge in [-0.1, -0.05) is 0 Å². The van der Waals surface area contributed by atoms with Crippen molar-refractivity contribution in [2.24, 2.45) is 0 Å². The molecule has 0 spiro atoms. The lowest BCUT2D eigenvalue weighted by Crippen LogP contribution is -2.68. The molecule has 3 rings (SSSR count). The first-order chi connectivity index (χ1) is 12.7. The molecule has 12 nitrogen and oxygen atoms in total. The first-order valence-corrected chi connectivity index (χ1v) is 8.47. The molecule has 27 heavy (non-hydrogen) atoms. The molecule has 2 unspecified atom stereocenters. The van der Waals surface area contributed by atoms with Crippen molar-refractivity contribution in [1.29, 1.82) is 0 Å². The third-order valence-electron chi connectivity index (χ3n) is 5.29. The number of hydrogen-bond donors (Lipinski definition) is 0. The number of carbonyl (C=O) groups excluding carboxylic acids is 2. The molecule has 1 aliphatic carbocycles. The summed E-state index contributed by atoms with van der Waals surface area (Å²) < 4.78 is 5.18. The number of nitrogens with zero attached hydrogens (tertiary/aromatic N) is 4. The van der Waals surface area contributed by atoms with Gasteiger partial charge in [-0.3, -0.25) is 29.9 Å². The Morgan fingerprint density at radius 1 is 1.15 bits per heavy atom. The molecule has 0 aromatic carbocycles. The molecule has 0 aromatic rings. The van der Waals surface area contributed by atoms with E-state index in [1.165, 1.54) is 11.0 Å². The summed E-state index contributed by atoms with van der Waals surface area (Å²) >= 11 is 0. The first kappa shape index (κ1) is 19.2. The van der Waals surface area contributed by atoms with Crippen molar-refractivity contribution in [3.05, 3.63) is 31.9 Å². The maximum absolute atomic E-state index is 12.8. The van der Waals surface area contributed by atoms with Crippen molar-refractivity contribution in [1.82, 2.24) is 9.80 Å². The zero-order chi connectivity index (χ0) is 19.8. The smallest absolute Gasteiger partial charge is 0.260 e. The second kappa shape index (κ2) is 6.85. The highest BCUT2D eigenvalue weighted by molar-refractivity contribution is 5.94. The number of ether oxygens (including phenoxy) is 1. The van der Waals surface area contributed by atoms with Crippen molar-refractivity contribution in [2.75, 3.05) is 45.9 Å². The van der Waals surface area contributed by atoms with Crippen LogP contribution in [0, 0.1) is 20.2 Å². The van der Waals surface area contributed by atoms with E-state index in [4.69, 9.17) is 4.74 Å². The number of carboxylic acids is 1. The molecule has 3 aliphatic rings. The quantitative estimate of drug-likeness (QED) is 0.374. The van der Waals surface area contributed by atoms with E-state index in [-0.39, 0.29) is 31.5 Å². The molecule has 2 atom stereocenters. The van der Waals surface area contributed by atoms with Crippen LogP contribution in [0.2, 0.25) is 0 Å². The van der Waals surface area contributed by atoms with Gasteiger partial charge in [0.05, 0.1) is 45.1 Å². The van der Waals surface area contributed by atoms with Gasteiger partial charge in [0, 0.05) is 41.1 Å². The fourth-order valence-corrected chi connectivity index (χ4v) is 4.25. The van der Waals surface area contributed by atoms with E-state index in [1.54, 1.807) is 0 Å². The molecule has 2 saturated heterocycles. The Labute approximate surface area is 153 Å². The lowest BCUT2D eigenvalue weighted by molar-refractivity contribution is -0.619. The fourth-order valence-electron chi connectivity index (χ4n) is 4.25. The monoisotopic (exact) mass is 383 g/mol. The molecular weight excluding hydrogens is 364 g/mol. The molecule has 0 saturated carbocycles. The highest BCUT2D eigenvalue weighted by Crippen LogP contribution is 2.43. The SMILES string of the molecule is O=C([O-])CN1CC2([N+](=O)[O-])C=C(C(=O)N3CCOCC3)CC([N+](=O)[O-])(C1)C2. The van der Waals surface area contributed by atoms with Crippen LogP contribution < -0.4 is 5.11 Å². The summed E-state index contributed by atoms with van der Waals surface area (Å²) in [6.45, 7) is 0.0126. The van der Waals surface area contributed by atoms with Crippen LogP contribution in [0.15, 0.2) is 11.6 Å². The van der Waals surface area contributed by atoms with E-state index < -0.39 is 39.3 Å². The van der Waals surface area contributed by atoms with Crippen molar-refractivity contribution in [2.45, 2.75) is 23.9 Å². The van der Waals surface area contributed by atoms with Crippen LogP contribution in [-0.4, -0.2) is 88.5 Å². The molecule has 148 valence electrons. The maximum Gasteiger partial charge on any atom is 0.260 e. The first-order valence-electron chi connectivity index (χ1n) is 8.47. The largest absolute Gasteiger partial charge is 0.549 e. The molecule has 0 radical (unpaired) electrons. The summed E-state index contributed by atoms with van der Waals surface area (Å²) in [5, 5.41) is 34.6. The molecular formula is C15H19N4O8-. The van der Waals surface area contributed by atoms with Gasteiger partial charge in [0.25, 0.3) is 5.54 Å². The Morgan fingerprint density at radius 2 is 1.81 bits per heavy atom. The number of fused-ring (bicyclic) bond motifs is 2. The van der Waals surface area contributed by atoms with Crippen molar-refractivity contribution < 1.29 is 29.3 Å². The van der Waals surface area contributed by atoms with Crippen molar-refractivity contribution >= 4 is 11.9 Å². The summed E-state index contributed by atoms with van der Waals surface area (Å²) in [4.78, 5) is 48.8. The molecule has 1 amide bonds. The van der Waals surface area contributed by atoms with E-state index in [1.807, 2.05) is 0 Å². The zero-order valence-electron chi connectivity index (χ0n) is 14.5. The summed E-state index contributed by atoms with van der Waals surface area (Å²) in [5.41, 5.74) is -3.66. The van der Waals surface area contributed by atoms with E-state index in [9.17, 15) is 34.9 Å². The Morgan fingerprint density at radius 3 is 2.37 bits per heavy atom. The Kier molecular flexibility index (Phi) is 4.86. The number of likely N-dealkylation sites (tertiary alicyclic amines) is 1. The van der Waals surface area contributed by atoms with E-state index >= 15 is 0 Å². The standard InChI is InChI=1S/C15H20N4O8/c20-12(21)7-16-9-14(18(23)24)5-11(6-15(8-14,10-16)19(25)26)13(22)17-1-3-27-4-2-17/h5H,1-4,6-10H2,(H,20,21)/p-1. The predicted molar refractivity (Wildman–Crippen MR) is 85.6 cm³/mol. The maximum atomic E-state index is 12.8. The van der Waals surface area contributed by atoms with Gasteiger partial charge in [0.15, 0.2) is 0 Å². The van der Waals surface area contributed by atoms with Crippen LogP contribution in [0.4, 0.5) is 0 Å². The van der Waals surface area contributed by atoms with Crippen molar-refractivity contribution in [3.63, 3.8) is 0 Å². The van der Waals surface area contributed by atoms with E-state index in [2.05, 4.69) is 0 Å². The van der Waals surface area contributed by atoms with Gasteiger partial charge in [-0.05, 0) is 0 Å². The van der Waals surface area contributed by atoms with Gasteiger partial charge in [-0.25, -0.2) is 0 Å². The minimum absolute atomic E-state index is 0.0321. The second-order valence-electron chi connectivity index (χ2n) is 7.29. The van der Waals surface area contributed by atoms with Crippen LogP contribution in [-0.2, 0) is 14.3 Å². The Hall–Kier alpha value is -2.60. The molecule has 2 aliphatic heterocycles. The molecule has 2 bridgehead atoms. The van der Waals surface area contributed by atoms with Gasteiger partial charge in [-0.15, -0.1) is 0 Å². The molecule has 0 N–H and O–H groups in total. The number of piperidine rings is 1. The average molecular weight is 383 g/mol. The lowest BCUT2D eigenvalue weighted by atomic mass is 9.69. The topological polar surface area (TPSA) is 159 Å². The lowest BCUT2D eigenvalue weighted by Gasteiger charge is -2.45. The molecule has 0 aromatic heterocycles. The Bertz CT molecular complexity index is 719. The Balaban J connectivity index is 2.00.